The van der Waals surface area contributed by atoms with Crippen molar-refractivity contribution >= 4 is 5.97 Å². The van der Waals surface area contributed by atoms with Gasteiger partial charge < -0.3 is 9.84 Å². The number of carboxylic acids is 1. The second-order valence-corrected chi connectivity index (χ2v) is 3.65. The number of hydrogen-bond acceptors (Lipinski definition) is 2. The molecule has 1 atom stereocenters. The third-order valence-corrected chi connectivity index (χ3v) is 2.57. The first-order valence-electron chi connectivity index (χ1n) is 5.08. The lowest BCUT2D eigenvalue weighted by atomic mass is 9.94. The molecule has 1 unspecified atom stereocenters. The topological polar surface area (TPSA) is 46.5 Å². The molecule has 0 fully saturated rings. The van der Waals surface area contributed by atoms with Crippen LogP contribution in [0.3, 0.4) is 0 Å². The molecule has 1 aromatic rings. The van der Waals surface area contributed by atoms with Crippen molar-refractivity contribution in [3.8, 4) is 5.75 Å². The van der Waals surface area contributed by atoms with E-state index in [4.69, 9.17) is 9.84 Å². The second kappa shape index (κ2) is 4.96. The first-order chi connectivity index (χ1) is 7.51. The summed E-state index contributed by atoms with van der Waals surface area (Å²) < 4.78 is 18.8. The Labute approximate surface area is 93.9 Å². The Morgan fingerprint density at radius 1 is 1.56 bits per heavy atom. The van der Waals surface area contributed by atoms with Gasteiger partial charge in [-0.25, -0.2) is 4.39 Å². The lowest BCUT2D eigenvalue weighted by Gasteiger charge is -2.14. The van der Waals surface area contributed by atoms with E-state index in [0.29, 0.717) is 17.7 Å². The van der Waals surface area contributed by atoms with Gasteiger partial charge in [-0.3, -0.25) is 4.79 Å². The minimum absolute atomic E-state index is 0.187. The molecule has 0 amide bonds. The van der Waals surface area contributed by atoms with Crippen molar-refractivity contribution < 1.29 is 19.0 Å². The minimum Gasteiger partial charge on any atom is -0.497 e. The Morgan fingerprint density at radius 3 is 2.62 bits per heavy atom. The largest absolute Gasteiger partial charge is 0.497 e. The van der Waals surface area contributed by atoms with Gasteiger partial charge in [0.05, 0.1) is 13.0 Å². The van der Waals surface area contributed by atoms with E-state index in [0.717, 1.165) is 0 Å². The Hall–Kier alpha value is -1.58. The summed E-state index contributed by atoms with van der Waals surface area (Å²) in [5.41, 5.74) is 0.584. The summed E-state index contributed by atoms with van der Waals surface area (Å²) >= 11 is 0. The van der Waals surface area contributed by atoms with Gasteiger partial charge in [0.15, 0.2) is 0 Å². The van der Waals surface area contributed by atoms with E-state index in [1.165, 1.54) is 13.2 Å². The highest BCUT2D eigenvalue weighted by Crippen LogP contribution is 2.29. The lowest BCUT2D eigenvalue weighted by Crippen LogP contribution is -2.13. The summed E-state index contributed by atoms with van der Waals surface area (Å²) in [6.07, 6.45) is 0.346. The van der Waals surface area contributed by atoms with Gasteiger partial charge >= 0.3 is 5.97 Å². The summed E-state index contributed by atoms with van der Waals surface area (Å²) in [4.78, 5) is 11.0. The van der Waals surface area contributed by atoms with Crippen molar-refractivity contribution in [3.63, 3.8) is 0 Å². The average Bonchev–Trinajstić information content (AvgIpc) is 2.24. The van der Waals surface area contributed by atoms with Gasteiger partial charge in [0.25, 0.3) is 0 Å². The fourth-order valence-corrected chi connectivity index (χ4v) is 1.66. The number of benzene rings is 1. The van der Waals surface area contributed by atoms with Crippen LogP contribution in [0.15, 0.2) is 12.1 Å². The minimum atomic E-state index is -1.02. The molecular formula is C12H15FO3. The van der Waals surface area contributed by atoms with E-state index in [-0.39, 0.29) is 5.56 Å². The van der Waals surface area contributed by atoms with E-state index in [9.17, 15) is 9.18 Å². The van der Waals surface area contributed by atoms with E-state index in [1.807, 2.05) is 0 Å². The zero-order valence-corrected chi connectivity index (χ0v) is 9.58. The molecule has 0 bridgehead atoms. The van der Waals surface area contributed by atoms with Crippen molar-refractivity contribution in [1.29, 1.82) is 0 Å². The van der Waals surface area contributed by atoms with Gasteiger partial charge in [0.1, 0.15) is 11.6 Å². The molecule has 0 aliphatic rings. The Balaban J connectivity index is 3.30. The van der Waals surface area contributed by atoms with Gasteiger partial charge in [0.2, 0.25) is 0 Å². The maximum absolute atomic E-state index is 13.8. The smallest absolute Gasteiger partial charge is 0.311 e. The number of aliphatic carboxylic acids is 1. The summed E-state index contributed by atoms with van der Waals surface area (Å²) in [7, 11) is 1.47. The summed E-state index contributed by atoms with van der Waals surface area (Å²) in [6.45, 7) is 3.31. The van der Waals surface area contributed by atoms with Gasteiger partial charge in [0, 0.05) is 5.56 Å². The molecule has 0 radical (unpaired) electrons. The Kier molecular flexibility index (Phi) is 3.88. The van der Waals surface area contributed by atoms with Crippen LogP contribution in [-0.2, 0) is 4.79 Å². The Bertz CT molecular complexity index is 401. The first kappa shape index (κ1) is 12.5. The van der Waals surface area contributed by atoms with Crippen molar-refractivity contribution in [2.45, 2.75) is 26.2 Å². The molecular weight excluding hydrogens is 211 g/mol. The summed E-state index contributed by atoms with van der Waals surface area (Å²) in [5.74, 6) is -1.83. The van der Waals surface area contributed by atoms with Crippen molar-refractivity contribution in [3.05, 3.63) is 29.1 Å². The molecule has 0 spiro atoms. The highest BCUT2D eigenvalue weighted by atomic mass is 19.1. The number of halogens is 1. The van der Waals surface area contributed by atoms with Crippen molar-refractivity contribution in [2.24, 2.45) is 0 Å². The van der Waals surface area contributed by atoms with Gasteiger partial charge in [-0.1, -0.05) is 6.92 Å². The second-order valence-electron chi connectivity index (χ2n) is 3.65. The highest BCUT2D eigenvalue weighted by molar-refractivity contribution is 5.76. The lowest BCUT2D eigenvalue weighted by molar-refractivity contribution is -0.138. The molecule has 1 aromatic carbocycles. The third kappa shape index (κ3) is 2.32. The van der Waals surface area contributed by atoms with Crippen molar-refractivity contribution in [2.75, 3.05) is 7.11 Å². The Morgan fingerprint density at radius 2 is 2.19 bits per heavy atom. The van der Waals surface area contributed by atoms with Gasteiger partial charge in [-0.15, -0.1) is 0 Å². The maximum atomic E-state index is 13.8. The summed E-state index contributed by atoms with van der Waals surface area (Å²) in [6, 6.07) is 3.00. The summed E-state index contributed by atoms with van der Waals surface area (Å²) in [5, 5.41) is 9.00. The predicted octanol–water partition coefficient (Wildman–Crippen LogP) is 2.72. The molecule has 1 N–H and O–H groups in total. The number of hydrogen-bond donors (Lipinski definition) is 1. The fourth-order valence-electron chi connectivity index (χ4n) is 1.66. The number of ether oxygens (including phenoxy) is 1. The zero-order valence-electron chi connectivity index (χ0n) is 9.58. The molecule has 0 aromatic heterocycles. The highest BCUT2D eigenvalue weighted by Gasteiger charge is 2.23. The normalized spacial score (nSPS) is 12.2. The number of rotatable bonds is 4. The van der Waals surface area contributed by atoms with Gasteiger partial charge in [-0.2, -0.15) is 0 Å². The van der Waals surface area contributed by atoms with Crippen LogP contribution in [0.4, 0.5) is 4.39 Å². The first-order valence-corrected chi connectivity index (χ1v) is 5.08. The van der Waals surface area contributed by atoms with Crippen LogP contribution in [0.5, 0.6) is 5.75 Å². The molecule has 4 heteroatoms. The van der Waals surface area contributed by atoms with Crippen LogP contribution in [0.1, 0.15) is 30.4 Å². The fraction of sp³-hybridized carbons (Fsp3) is 0.417. The number of aryl methyl sites for hydroxylation is 1. The molecule has 3 nitrogen and oxygen atoms in total. The maximum Gasteiger partial charge on any atom is 0.311 e. The standard InChI is InChI=1S/C12H15FO3/c1-4-9(12(14)15)10-6-8(16-3)5-7(2)11(10)13/h5-6,9H,4H2,1-3H3,(H,14,15). The van der Waals surface area contributed by atoms with Crippen molar-refractivity contribution in [1.82, 2.24) is 0 Å². The van der Waals surface area contributed by atoms with Crippen LogP contribution in [0, 0.1) is 12.7 Å². The molecule has 0 heterocycles. The number of methoxy groups -OCH3 is 1. The van der Waals surface area contributed by atoms with E-state index < -0.39 is 17.7 Å². The van der Waals surface area contributed by atoms with E-state index >= 15 is 0 Å². The van der Waals surface area contributed by atoms with Gasteiger partial charge in [-0.05, 0) is 31.0 Å². The van der Waals surface area contributed by atoms with Crippen LogP contribution in [0.2, 0.25) is 0 Å². The number of carbonyl (C=O) groups is 1. The molecule has 0 aliphatic carbocycles. The van der Waals surface area contributed by atoms with Crippen LogP contribution >= 0.6 is 0 Å². The molecule has 88 valence electrons. The van der Waals surface area contributed by atoms with E-state index in [2.05, 4.69) is 0 Å². The predicted molar refractivity (Wildman–Crippen MR) is 58.4 cm³/mol. The zero-order chi connectivity index (χ0) is 12.3. The quantitative estimate of drug-likeness (QED) is 0.858. The number of carboxylic acid groups (broad SMARTS) is 1. The monoisotopic (exact) mass is 226 g/mol. The third-order valence-electron chi connectivity index (χ3n) is 2.57. The van der Waals surface area contributed by atoms with Crippen LogP contribution < -0.4 is 4.74 Å². The average molecular weight is 226 g/mol. The molecule has 0 saturated heterocycles. The molecule has 0 aliphatic heterocycles. The van der Waals surface area contributed by atoms with Crippen LogP contribution in [0.25, 0.3) is 0 Å². The van der Waals surface area contributed by atoms with E-state index in [1.54, 1.807) is 19.9 Å². The SMILES string of the molecule is CCC(C(=O)O)c1cc(OC)cc(C)c1F. The molecule has 1 rings (SSSR count). The molecule has 16 heavy (non-hydrogen) atoms. The molecule has 0 saturated carbocycles. The van der Waals surface area contributed by atoms with Crippen LogP contribution in [-0.4, -0.2) is 18.2 Å².